The minimum atomic E-state index is 0.402. The van der Waals surface area contributed by atoms with Gasteiger partial charge in [-0.15, -0.1) is 0 Å². The number of hydrogen-bond acceptors (Lipinski definition) is 3. The molecular weight excluding hydrogens is 304 g/mol. The molecule has 3 rings (SSSR count). The molecule has 0 fully saturated rings. The molecule has 0 aliphatic carbocycles. The normalized spacial score (nSPS) is 10.6. The molecule has 0 radical (unpaired) electrons. The van der Waals surface area contributed by atoms with Gasteiger partial charge in [0.15, 0.2) is 0 Å². The molecular formula is C15H11BrN2O. The number of nitrogens with zero attached hydrogens (tertiary/aromatic N) is 2. The van der Waals surface area contributed by atoms with Crippen molar-refractivity contribution in [2.24, 2.45) is 0 Å². The highest BCUT2D eigenvalue weighted by Crippen LogP contribution is 2.19. The van der Waals surface area contributed by atoms with E-state index in [1.807, 2.05) is 48.5 Å². The lowest BCUT2D eigenvalue weighted by molar-refractivity contribution is 0.282. The predicted molar refractivity (Wildman–Crippen MR) is 78.0 cm³/mol. The Bertz CT molecular complexity index is 701. The van der Waals surface area contributed by atoms with Crippen LogP contribution in [0.2, 0.25) is 0 Å². The molecule has 0 spiro atoms. The molecule has 0 saturated heterocycles. The average Bonchev–Trinajstić information content (AvgIpc) is 2.46. The molecule has 3 aromatic rings. The quantitative estimate of drug-likeness (QED) is 0.733. The maximum atomic E-state index is 5.60. The fraction of sp³-hybridized carbons (Fsp3) is 0.0667. The molecule has 0 aliphatic rings. The average molecular weight is 315 g/mol. The zero-order chi connectivity index (χ0) is 13.1. The molecule has 2 aromatic carbocycles. The topological polar surface area (TPSA) is 35.0 Å². The molecule has 0 N–H and O–H groups in total. The van der Waals surface area contributed by atoms with E-state index in [0.29, 0.717) is 12.6 Å². The second-order valence-corrected chi connectivity index (χ2v) is 5.05. The third kappa shape index (κ3) is 2.90. The summed E-state index contributed by atoms with van der Waals surface area (Å²) in [6.07, 6.45) is 1.77. The van der Waals surface area contributed by atoms with E-state index in [1.165, 1.54) is 0 Å². The van der Waals surface area contributed by atoms with E-state index in [9.17, 15) is 0 Å². The van der Waals surface area contributed by atoms with Crippen LogP contribution in [-0.2, 0) is 6.61 Å². The third-order valence-corrected chi connectivity index (χ3v) is 3.22. The Hall–Kier alpha value is -1.94. The first-order valence-corrected chi connectivity index (χ1v) is 6.69. The van der Waals surface area contributed by atoms with E-state index in [4.69, 9.17) is 4.74 Å². The van der Waals surface area contributed by atoms with Gasteiger partial charge in [0.05, 0.1) is 5.52 Å². The SMILES string of the molecule is Brc1ccc2nc(OCc3ccccc3)ncc2c1. The van der Waals surface area contributed by atoms with E-state index >= 15 is 0 Å². The molecule has 94 valence electrons. The van der Waals surface area contributed by atoms with Crippen molar-refractivity contribution < 1.29 is 4.74 Å². The van der Waals surface area contributed by atoms with Crippen molar-refractivity contribution in [2.75, 3.05) is 0 Å². The van der Waals surface area contributed by atoms with Gasteiger partial charge in [0.2, 0.25) is 0 Å². The van der Waals surface area contributed by atoms with E-state index < -0.39 is 0 Å². The van der Waals surface area contributed by atoms with Crippen molar-refractivity contribution in [3.8, 4) is 6.01 Å². The Labute approximate surface area is 119 Å². The Morgan fingerprint density at radius 3 is 2.74 bits per heavy atom. The highest BCUT2D eigenvalue weighted by Gasteiger charge is 2.02. The van der Waals surface area contributed by atoms with Crippen molar-refractivity contribution in [1.29, 1.82) is 0 Å². The highest BCUT2D eigenvalue weighted by molar-refractivity contribution is 9.10. The van der Waals surface area contributed by atoms with Crippen molar-refractivity contribution in [2.45, 2.75) is 6.61 Å². The van der Waals surface area contributed by atoms with Crippen molar-refractivity contribution in [1.82, 2.24) is 9.97 Å². The molecule has 19 heavy (non-hydrogen) atoms. The largest absolute Gasteiger partial charge is 0.459 e. The first-order chi connectivity index (χ1) is 9.31. The van der Waals surface area contributed by atoms with E-state index in [-0.39, 0.29) is 0 Å². The van der Waals surface area contributed by atoms with Gasteiger partial charge < -0.3 is 4.74 Å². The van der Waals surface area contributed by atoms with Gasteiger partial charge in [-0.1, -0.05) is 46.3 Å². The van der Waals surface area contributed by atoms with Crippen LogP contribution in [0.5, 0.6) is 6.01 Å². The van der Waals surface area contributed by atoms with Gasteiger partial charge in [-0.3, -0.25) is 0 Å². The van der Waals surface area contributed by atoms with Crippen LogP contribution in [0, 0.1) is 0 Å². The van der Waals surface area contributed by atoms with E-state index in [2.05, 4.69) is 25.9 Å². The minimum absolute atomic E-state index is 0.402. The van der Waals surface area contributed by atoms with Gasteiger partial charge >= 0.3 is 6.01 Å². The van der Waals surface area contributed by atoms with E-state index in [0.717, 1.165) is 20.9 Å². The molecule has 0 atom stereocenters. The maximum Gasteiger partial charge on any atom is 0.317 e. The van der Waals surface area contributed by atoms with Crippen LogP contribution in [0.15, 0.2) is 59.2 Å². The summed E-state index contributed by atoms with van der Waals surface area (Å²) in [6, 6.07) is 16.3. The Morgan fingerprint density at radius 1 is 1.05 bits per heavy atom. The second-order valence-electron chi connectivity index (χ2n) is 4.13. The number of aromatic nitrogens is 2. The monoisotopic (exact) mass is 314 g/mol. The zero-order valence-corrected chi connectivity index (χ0v) is 11.7. The number of fused-ring (bicyclic) bond motifs is 1. The van der Waals surface area contributed by atoms with Crippen LogP contribution in [-0.4, -0.2) is 9.97 Å². The number of ether oxygens (including phenoxy) is 1. The Balaban J connectivity index is 1.80. The second kappa shape index (κ2) is 5.36. The smallest absolute Gasteiger partial charge is 0.317 e. The Morgan fingerprint density at radius 2 is 1.89 bits per heavy atom. The number of hydrogen-bond donors (Lipinski definition) is 0. The first kappa shape index (κ1) is 12.1. The summed E-state index contributed by atoms with van der Waals surface area (Å²) in [5.41, 5.74) is 1.98. The lowest BCUT2D eigenvalue weighted by Gasteiger charge is -2.05. The molecule has 0 saturated carbocycles. The third-order valence-electron chi connectivity index (χ3n) is 2.73. The van der Waals surface area contributed by atoms with Gasteiger partial charge in [0, 0.05) is 16.1 Å². The van der Waals surface area contributed by atoms with Crippen LogP contribution in [0.4, 0.5) is 0 Å². The molecule has 1 aromatic heterocycles. The Kier molecular flexibility index (Phi) is 3.42. The molecule has 3 nitrogen and oxygen atoms in total. The molecule has 1 heterocycles. The number of benzene rings is 2. The predicted octanol–water partition coefficient (Wildman–Crippen LogP) is 3.97. The number of rotatable bonds is 3. The fourth-order valence-electron chi connectivity index (χ4n) is 1.78. The van der Waals surface area contributed by atoms with Crippen molar-refractivity contribution in [3.63, 3.8) is 0 Å². The summed E-state index contributed by atoms with van der Waals surface area (Å²) in [5.74, 6) is 0. The summed E-state index contributed by atoms with van der Waals surface area (Å²) in [5, 5.41) is 0.987. The summed E-state index contributed by atoms with van der Waals surface area (Å²) in [4.78, 5) is 8.59. The van der Waals surface area contributed by atoms with E-state index in [1.54, 1.807) is 6.20 Å². The van der Waals surface area contributed by atoms with Gasteiger partial charge in [0.1, 0.15) is 6.61 Å². The molecule has 4 heteroatoms. The summed E-state index contributed by atoms with van der Waals surface area (Å²) in [7, 11) is 0. The maximum absolute atomic E-state index is 5.60. The number of halogens is 1. The van der Waals surface area contributed by atoms with Crippen molar-refractivity contribution >= 4 is 26.8 Å². The van der Waals surface area contributed by atoms with Crippen LogP contribution < -0.4 is 4.74 Å². The standard InChI is InChI=1S/C15H11BrN2O/c16-13-6-7-14-12(8-13)9-17-15(18-14)19-10-11-4-2-1-3-5-11/h1-9H,10H2. The minimum Gasteiger partial charge on any atom is -0.459 e. The van der Waals surface area contributed by atoms with Crippen LogP contribution in [0.1, 0.15) is 5.56 Å². The van der Waals surface area contributed by atoms with Crippen LogP contribution >= 0.6 is 15.9 Å². The summed E-state index contributed by atoms with van der Waals surface area (Å²) < 4.78 is 6.61. The van der Waals surface area contributed by atoms with Gasteiger partial charge in [-0.25, -0.2) is 4.98 Å². The van der Waals surface area contributed by atoms with Crippen molar-refractivity contribution in [3.05, 3.63) is 64.8 Å². The lowest BCUT2D eigenvalue weighted by Crippen LogP contribution is -1.99. The van der Waals surface area contributed by atoms with Crippen LogP contribution in [0.25, 0.3) is 10.9 Å². The van der Waals surface area contributed by atoms with Gasteiger partial charge in [-0.2, -0.15) is 4.98 Å². The summed E-state index contributed by atoms with van der Waals surface area (Å²) in [6.45, 7) is 0.475. The van der Waals surface area contributed by atoms with Gasteiger partial charge in [0.25, 0.3) is 0 Å². The molecule has 0 amide bonds. The van der Waals surface area contributed by atoms with Gasteiger partial charge in [-0.05, 0) is 23.8 Å². The summed E-state index contributed by atoms with van der Waals surface area (Å²) >= 11 is 3.43. The zero-order valence-electron chi connectivity index (χ0n) is 10.1. The van der Waals surface area contributed by atoms with Crippen LogP contribution in [0.3, 0.4) is 0 Å². The first-order valence-electron chi connectivity index (χ1n) is 5.90. The fourth-order valence-corrected chi connectivity index (χ4v) is 2.16. The lowest BCUT2D eigenvalue weighted by atomic mass is 10.2. The molecule has 0 bridgehead atoms. The molecule has 0 aliphatic heterocycles. The molecule has 0 unspecified atom stereocenters. The highest BCUT2D eigenvalue weighted by atomic mass is 79.9.